The Kier molecular flexibility index (Phi) is 6.03. The van der Waals surface area contributed by atoms with Gasteiger partial charge in [-0.15, -0.1) is 0 Å². The summed E-state index contributed by atoms with van der Waals surface area (Å²) in [7, 11) is -5.22. The molecule has 0 spiro atoms. The Morgan fingerprint density at radius 3 is 1.81 bits per heavy atom. The van der Waals surface area contributed by atoms with E-state index in [1.54, 1.807) is 11.1 Å². The number of hydrogen-bond acceptors (Lipinski definition) is 1. The number of benzene rings is 1. The average Bonchev–Trinajstić information content (AvgIpc) is 2.47. The van der Waals surface area contributed by atoms with Crippen LogP contribution in [0.3, 0.4) is 0 Å². The van der Waals surface area contributed by atoms with E-state index in [-0.39, 0.29) is 10.3 Å². The Morgan fingerprint density at radius 1 is 0.889 bits per heavy atom. The summed E-state index contributed by atoms with van der Waals surface area (Å²) in [6.45, 7) is 27.3. The predicted octanol–water partition coefficient (Wildman–Crippen LogP) is 7.68. The van der Waals surface area contributed by atoms with E-state index in [4.69, 9.17) is 4.43 Å². The Hall–Kier alpha value is -0.429. The summed E-state index contributed by atoms with van der Waals surface area (Å²) in [6.07, 6.45) is 1.08. The summed E-state index contributed by atoms with van der Waals surface area (Å²) in [5.41, 5.74) is 4.65. The van der Waals surface area contributed by atoms with Gasteiger partial charge in [-0.2, -0.15) is 0 Å². The minimum atomic E-state index is -1.93. The lowest BCUT2D eigenvalue weighted by Crippen LogP contribution is -2.77. The Labute approximate surface area is 171 Å². The second-order valence-corrected chi connectivity index (χ2v) is 32.2. The molecule has 27 heavy (non-hydrogen) atoms. The Morgan fingerprint density at radius 2 is 1.41 bits per heavy atom. The van der Waals surface area contributed by atoms with Crippen LogP contribution in [0.1, 0.15) is 46.6 Å². The normalized spacial score (nSPS) is 27.8. The fourth-order valence-corrected chi connectivity index (χ4v) is 31.1. The molecule has 2 atom stereocenters. The SMILES string of the molecule is CC1=C(C)C[Si@](C(C)(C)C)([Si](C)(C)C)[C@@](O[Si](C)(C)C)(c2ccccc2)C1. The van der Waals surface area contributed by atoms with Gasteiger partial charge in [-0.3, -0.25) is 0 Å². The van der Waals surface area contributed by atoms with Crippen molar-refractivity contribution in [3.05, 3.63) is 47.0 Å². The van der Waals surface area contributed by atoms with Crippen molar-refractivity contribution in [1.82, 2.24) is 0 Å². The van der Waals surface area contributed by atoms with Gasteiger partial charge in [0.05, 0.1) is 12.8 Å². The summed E-state index contributed by atoms with van der Waals surface area (Å²) in [4.78, 5) is 0. The highest BCUT2D eigenvalue weighted by molar-refractivity contribution is 7.43. The first kappa shape index (κ1) is 22.9. The molecular formula is C23H42OSi3. The molecule has 0 saturated carbocycles. The van der Waals surface area contributed by atoms with Crippen molar-refractivity contribution in [3.63, 3.8) is 0 Å². The lowest BCUT2D eigenvalue weighted by atomic mass is 9.98. The highest BCUT2D eigenvalue weighted by atomic mass is 29.3. The minimum absolute atomic E-state index is 0.106. The quantitative estimate of drug-likeness (QED) is 0.360. The first-order valence-corrected chi connectivity index (χ1v) is 20.6. The maximum atomic E-state index is 7.44. The van der Waals surface area contributed by atoms with Crippen molar-refractivity contribution >= 4 is 23.5 Å². The molecule has 1 aromatic carbocycles. The lowest BCUT2D eigenvalue weighted by Gasteiger charge is -2.65. The van der Waals surface area contributed by atoms with Gasteiger partial charge in [0.1, 0.15) is 0 Å². The highest BCUT2D eigenvalue weighted by Gasteiger charge is 2.68. The molecule has 0 radical (unpaired) electrons. The van der Waals surface area contributed by atoms with Gasteiger partial charge in [0, 0.05) is 7.59 Å². The standard InChI is InChI=1S/C23H42OSi3/c1-19-17-23(24-25(6,7)8,21-15-13-12-14-16-21)27(18-20(19)2,22(3,4)5)26(9,10)11/h12-16H,17-18H2,1-11H3/t23-,27-/m1/s1. The van der Waals surface area contributed by atoms with Crippen LogP contribution in [0.2, 0.25) is 50.4 Å². The molecule has 0 aliphatic carbocycles. The van der Waals surface area contributed by atoms with Crippen LogP contribution < -0.4 is 0 Å². The van der Waals surface area contributed by atoms with E-state index in [1.165, 1.54) is 11.6 Å². The number of hydrogen-bond donors (Lipinski definition) is 0. The molecule has 0 aromatic heterocycles. The van der Waals surface area contributed by atoms with Crippen molar-refractivity contribution in [3.8, 4) is 0 Å². The van der Waals surface area contributed by atoms with Crippen LogP contribution in [0.5, 0.6) is 0 Å². The molecular weight excluding hydrogens is 377 g/mol. The first-order valence-electron chi connectivity index (χ1n) is 10.5. The van der Waals surface area contributed by atoms with Crippen LogP contribution in [0.4, 0.5) is 0 Å². The van der Waals surface area contributed by atoms with Crippen LogP contribution in [0.15, 0.2) is 41.5 Å². The molecule has 1 aromatic rings. The molecule has 0 unspecified atom stereocenters. The van der Waals surface area contributed by atoms with Crippen molar-refractivity contribution in [1.29, 1.82) is 0 Å². The van der Waals surface area contributed by atoms with Gasteiger partial charge in [-0.05, 0) is 56.6 Å². The molecule has 1 aliphatic rings. The molecule has 1 heterocycles. The van der Waals surface area contributed by atoms with Crippen LogP contribution in [0, 0.1) is 0 Å². The maximum Gasteiger partial charge on any atom is 0.184 e. The van der Waals surface area contributed by atoms with Crippen molar-refractivity contribution in [2.75, 3.05) is 0 Å². The van der Waals surface area contributed by atoms with E-state index in [0.717, 1.165) is 6.42 Å². The van der Waals surface area contributed by atoms with E-state index >= 15 is 0 Å². The van der Waals surface area contributed by atoms with Gasteiger partial charge in [0.15, 0.2) is 8.32 Å². The number of rotatable bonds is 4. The monoisotopic (exact) mass is 418 g/mol. The van der Waals surface area contributed by atoms with Crippen LogP contribution >= 0.6 is 0 Å². The third-order valence-electron chi connectivity index (χ3n) is 6.74. The minimum Gasteiger partial charge on any atom is -0.411 e. The summed E-state index contributed by atoms with van der Waals surface area (Å²) < 4.78 is 7.44. The van der Waals surface area contributed by atoms with Gasteiger partial charge in [0.25, 0.3) is 0 Å². The van der Waals surface area contributed by atoms with Crippen LogP contribution in [-0.2, 0) is 9.65 Å². The summed E-state index contributed by atoms with van der Waals surface area (Å²) >= 11 is 0. The van der Waals surface area contributed by atoms with Gasteiger partial charge in [-0.1, -0.05) is 81.9 Å². The first-order chi connectivity index (χ1) is 12.1. The average molecular weight is 419 g/mol. The van der Waals surface area contributed by atoms with E-state index < -0.39 is 23.5 Å². The Balaban J connectivity index is 2.99. The molecule has 2 rings (SSSR count). The summed E-state index contributed by atoms with van der Waals surface area (Å²) in [6, 6.07) is 12.6. The third kappa shape index (κ3) is 3.87. The van der Waals surface area contributed by atoms with Crippen LogP contribution in [-0.4, -0.2) is 23.5 Å². The zero-order chi connectivity index (χ0) is 20.9. The smallest absolute Gasteiger partial charge is 0.184 e. The molecule has 4 heteroatoms. The summed E-state index contributed by atoms with van der Waals surface area (Å²) in [5.74, 6) is 0. The fraction of sp³-hybridized carbons (Fsp3) is 0.652. The van der Waals surface area contributed by atoms with E-state index in [2.05, 4.69) is 104 Å². The van der Waals surface area contributed by atoms with Crippen molar-refractivity contribution in [2.24, 2.45) is 0 Å². The lowest BCUT2D eigenvalue weighted by molar-refractivity contribution is 0.128. The van der Waals surface area contributed by atoms with Crippen LogP contribution in [0.25, 0.3) is 0 Å². The maximum absolute atomic E-state index is 7.44. The zero-order valence-corrected chi connectivity index (χ0v) is 22.7. The molecule has 0 N–H and O–H groups in total. The zero-order valence-electron chi connectivity index (χ0n) is 19.7. The fourth-order valence-electron chi connectivity index (χ4n) is 5.99. The predicted molar refractivity (Wildman–Crippen MR) is 129 cm³/mol. The second-order valence-electron chi connectivity index (χ2n) is 11.7. The molecule has 1 aliphatic heterocycles. The van der Waals surface area contributed by atoms with E-state index in [1.807, 2.05) is 0 Å². The number of allylic oxidation sites excluding steroid dienone is 1. The third-order valence-corrected chi connectivity index (χ3v) is 27.7. The summed E-state index contributed by atoms with van der Waals surface area (Å²) in [5, 5.41) is 0.181. The molecule has 152 valence electrons. The molecule has 0 saturated heterocycles. The highest BCUT2D eigenvalue weighted by Crippen LogP contribution is 2.61. The molecule has 0 bridgehead atoms. The van der Waals surface area contributed by atoms with E-state index in [0.29, 0.717) is 0 Å². The molecule has 0 amide bonds. The van der Waals surface area contributed by atoms with Gasteiger partial charge in [-0.25, -0.2) is 0 Å². The van der Waals surface area contributed by atoms with Crippen molar-refractivity contribution in [2.45, 2.75) is 96.6 Å². The topological polar surface area (TPSA) is 9.23 Å². The van der Waals surface area contributed by atoms with Gasteiger partial charge < -0.3 is 4.43 Å². The van der Waals surface area contributed by atoms with E-state index in [9.17, 15) is 0 Å². The van der Waals surface area contributed by atoms with Gasteiger partial charge in [0.2, 0.25) is 0 Å². The van der Waals surface area contributed by atoms with Crippen molar-refractivity contribution < 1.29 is 4.43 Å². The van der Waals surface area contributed by atoms with Gasteiger partial charge >= 0.3 is 0 Å². The largest absolute Gasteiger partial charge is 0.411 e. The second kappa shape index (κ2) is 7.12. The molecule has 1 nitrogen and oxygen atoms in total. The Bertz CT molecular complexity index is 688. The molecule has 0 fully saturated rings.